The van der Waals surface area contributed by atoms with Gasteiger partial charge < -0.3 is 0 Å². The molecule has 0 radical (unpaired) electrons. The van der Waals surface area contributed by atoms with Crippen LogP contribution in [0.15, 0.2) is 18.5 Å². The first-order chi connectivity index (χ1) is 6.74. The molecule has 1 saturated carbocycles. The highest BCUT2D eigenvalue weighted by Gasteiger charge is 2.37. The van der Waals surface area contributed by atoms with Crippen LogP contribution in [0.4, 0.5) is 0 Å². The van der Waals surface area contributed by atoms with Crippen LogP contribution < -0.4 is 0 Å². The Morgan fingerprint density at radius 1 is 1.50 bits per heavy atom. The fraction of sp³-hybridized carbons (Fsp3) is 0.500. The van der Waals surface area contributed by atoms with Crippen molar-refractivity contribution in [3.63, 3.8) is 0 Å². The van der Waals surface area contributed by atoms with Gasteiger partial charge in [0, 0.05) is 12.4 Å². The Morgan fingerprint density at radius 2 is 2.29 bits per heavy atom. The zero-order chi connectivity index (χ0) is 10.0. The summed E-state index contributed by atoms with van der Waals surface area (Å²) < 4.78 is 0. The lowest BCUT2D eigenvalue weighted by Crippen LogP contribution is -2.29. The minimum Gasteiger partial charge on any atom is -0.264 e. The van der Waals surface area contributed by atoms with Gasteiger partial charge in [0.1, 0.15) is 0 Å². The van der Waals surface area contributed by atoms with Crippen LogP contribution in [-0.2, 0) is 6.42 Å². The lowest BCUT2D eigenvalue weighted by atomic mass is 9.67. The first kappa shape index (κ1) is 9.21. The van der Waals surface area contributed by atoms with E-state index in [-0.39, 0.29) is 5.41 Å². The van der Waals surface area contributed by atoms with E-state index in [9.17, 15) is 0 Å². The zero-order valence-electron chi connectivity index (χ0n) is 8.45. The number of rotatable bonds is 2. The van der Waals surface area contributed by atoms with Gasteiger partial charge in [-0.1, -0.05) is 12.5 Å². The molecule has 0 saturated heterocycles. The molecular formula is C12H14N2. The summed E-state index contributed by atoms with van der Waals surface area (Å²) >= 11 is 0. The molecule has 2 heteroatoms. The van der Waals surface area contributed by atoms with Crippen molar-refractivity contribution in [1.29, 1.82) is 5.26 Å². The Hall–Kier alpha value is -1.36. The van der Waals surface area contributed by atoms with Gasteiger partial charge in [0.25, 0.3) is 0 Å². The molecule has 1 fully saturated rings. The second-order valence-corrected chi connectivity index (χ2v) is 4.29. The molecular weight excluding hydrogens is 172 g/mol. The second-order valence-electron chi connectivity index (χ2n) is 4.29. The average Bonchev–Trinajstić information content (AvgIpc) is 2.11. The Balaban J connectivity index is 2.14. The van der Waals surface area contributed by atoms with Crippen LogP contribution in [0.25, 0.3) is 0 Å². The summed E-state index contributed by atoms with van der Waals surface area (Å²) in [5.41, 5.74) is 2.30. The van der Waals surface area contributed by atoms with Gasteiger partial charge in [-0.15, -0.1) is 0 Å². The molecule has 14 heavy (non-hydrogen) atoms. The van der Waals surface area contributed by atoms with E-state index in [2.05, 4.69) is 17.1 Å². The van der Waals surface area contributed by atoms with E-state index in [0.29, 0.717) is 0 Å². The average molecular weight is 186 g/mol. The smallest absolute Gasteiger partial charge is 0.0693 e. The van der Waals surface area contributed by atoms with Crippen molar-refractivity contribution in [2.75, 3.05) is 0 Å². The minimum absolute atomic E-state index is 0.0739. The van der Waals surface area contributed by atoms with Gasteiger partial charge in [-0.2, -0.15) is 5.26 Å². The number of hydrogen-bond donors (Lipinski definition) is 0. The number of aromatic nitrogens is 1. The standard InChI is InChI=1S/C12H14N2/c1-10-5-11(8-14-7-10)6-12(9-13)3-2-4-12/h5,7-8H,2-4,6H2,1H3. The van der Waals surface area contributed by atoms with Gasteiger partial charge in [-0.05, 0) is 37.3 Å². The van der Waals surface area contributed by atoms with E-state index in [0.717, 1.165) is 19.3 Å². The van der Waals surface area contributed by atoms with Gasteiger partial charge in [0.05, 0.1) is 11.5 Å². The molecule has 0 atom stereocenters. The van der Waals surface area contributed by atoms with Gasteiger partial charge in [-0.3, -0.25) is 4.98 Å². The van der Waals surface area contributed by atoms with Crippen molar-refractivity contribution in [2.45, 2.75) is 32.6 Å². The molecule has 0 spiro atoms. The SMILES string of the molecule is Cc1cncc(CC2(C#N)CCC2)c1. The first-order valence-corrected chi connectivity index (χ1v) is 5.06. The molecule has 1 aliphatic carbocycles. The van der Waals surface area contributed by atoms with E-state index in [1.165, 1.54) is 17.5 Å². The molecule has 2 rings (SSSR count). The quantitative estimate of drug-likeness (QED) is 0.711. The molecule has 1 aromatic rings. The molecule has 0 amide bonds. The molecule has 0 N–H and O–H groups in total. The normalized spacial score (nSPS) is 18.3. The number of pyridine rings is 1. The Morgan fingerprint density at radius 3 is 2.79 bits per heavy atom. The van der Waals surface area contributed by atoms with Gasteiger partial charge in [0.15, 0.2) is 0 Å². The fourth-order valence-electron chi connectivity index (χ4n) is 2.04. The van der Waals surface area contributed by atoms with Gasteiger partial charge in [-0.25, -0.2) is 0 Å². The monoisotopic (exact) mass is 186 g/mol. The highest BCUT2D eigenvalue weighted by atomic mass is 14.6. The summed E-state index contributed by atoms with van der Waals surface area (Å²) in [5.74, 6) is 0. The van der Waals surface area contributed by atoms with Crippen LogP contribution in [0, 0.1) is 23.7 Å². The molecule has 72 valence electrons. The van der Waals surface area contributed by atoms with Crippen LogP contribution in [0.3, 0.4) is 0 Å². The maximum Gasteiger partial charge on any atom is 0.0693 e. The van der Waals surface area contributed by atoms with Crippen LogP contribution in [0.1, 0.15) is 30.4 Å². The largest absolute Gasteiger partial charge is 0.264 e. The Bertz CT molecular complexity index is 372. The van der Waals surface area contributed by atoms with E-state index < -0.39 is 0 Å². The summed E-state index contributed by atoms with van der Waals surface area (Å²) in [7, 11) is 0. The summed E-state index contributed by atoms with van der Waals surface area (Å²) in [4.78, 5) is 4.15. The third-order valence-electron chi connectivity index (χ3n) is 3.02. The fourth-order valence-corrected chi connectivity index (χ4v) is 2.04. The Kier molecular flexibility index (Phi) is 2.25. The third-order valence-corrected chi connectivity index (χ3v) is 3.02. The molecule has 0 aliphatic heterocycles. The number of nitriles is 1. The van der Waals surface area contributed by atoms with E-state index in [1.807, 2.05) is 19.3 Å². The molecule has 1 aromatic heterocycles. The Labute approximate surface area is 84.6 Å². The predicted octanol–water partition coefficient (Wildman–Crippen LogP) is 2.63. The van der Waals surface area contributed by atoms with Gasteiger partial charge >= 0.3 is 0 Å². The van der Waals surface area contributed by atoms with Crippen LogP contribution in [0.5, 0.6) is 0 Å². The summed E-state index contributed by atoms with van der Waals surface area (Å²) in [6.07, 6.45) is 7.91. The minimum atomic E-state index is -0.0739. The van der Waals surface area contributed by atoms with Crippen molar-refractivity contribution in [1.82, 2.24) is 4.98 Å². The van der Waals surface area contributed by atoms with E-state index in [1.54, 1.807) is 0 Å². The number of hydrogen-bond acceptors (Lipinski definition) is 2. The molecule has 2 nitrogen and oxygen atoms in total. The first-order valence-electron chi connectivity index (χ1n) is 5.06. The van der Waals surface area contributed by atoms with Gasteiger partial charge in [0.2, 0.25) is 0 Å². The summed E-state index contributed by atoms with van der Waals surface area (Å²) in [5, 5.41) is 9.10. The maximum atomic E-state index is 9.10. The van der Waals surface area contributed by atoms with E-state index >= 15 is 0 Å². The van der Waals surface area contributed by atoms with Crippen LogP contribution in [0.2, 0.25) is 0 Å². The maximum absolute atomic E-state index is 9.10. The van der Waals surface area contributed by atoms with Crippen molar-refractivity contribution in [2.24, 2.45) is 5.41 Å². The van der Waals surface area contributed by atoms with Crippen molar-refractivity contribution < 1.29 is 0 Å². The molecule has 1 heterocycles. The number of aryl methyl sites for hydroxylation is 1. The lowest BCUT2D eigenvalue weighted by molar-refractivity contribution is 0.214. The third kappa shape index (κ3) is 1.63. The van der Waals surface area contributed by atoms with Crippen molar-refractivity contribution in [3.8, 4) is 6.07 Å². The summed E-state index contributed by atoms with van der Waals surface area (Å²) in [6, 6.07) is 4.58. The van der Waals surface area contributed by atoms with Crippen molar-refractivity contribution in [3.05, 3.63) is 29.6 Å². The van der Waals surface area contributed by atoms with Crippen molar-refractivity contribution >= 4 is 0 Å². The summed E-state index contributed by atoms with van der Waals surface area (Å²) in [6.45, 7) is 2.04. The highest BCUT2D eigenvalue weighted by molar-refractivity contribution is 5.21. The molecule has 0 bridgehead atoms. The molecule has 0 unspecified atom stereocenters. The van der Waals surface area contributed by atoms with Crippen LogP contribution >= 0.6 is 0 Å². The lowest BCUT2D eigenvalue weighted by Gasteiger charge is -2.35. The van der Waals surface area contributed by atoms with Crippen LogP contribution in [-0.4, -0.2) is 4.98 Å². The highest BCUT2D eigenvalue weighted by Crippen LogP contribution is 2.42. The predicted molar refractivity (Wildman–Crippen MR) is 54.6 cm³/mol. The zero-order valence-corrected chi connectivity index (χ0v) is 8.45. The second kappa shape index (κ2) is 3.42. The van der Waals surface area contributed by atoms with E-state index in [4.69, 9.17) is 5.26 Å². The molecule has 0 aromatic carbocycles. The number of nitrogens with zero attached hydrogens (tertiary/aromatic N) is 2. The molecule has 1 aliphatic rings. The topological polar surface area (TPSA) is 36.7 Å².